The zero-order valence-corrected chi connectivity index (χ0v) is 11.2. The third-order valence-corrected chi connectivity index (χ3v) is 3.92. The van der Waals surface area contributed by atoms with E-state index in [-0.39, 0.29) is 0 Å². The smallest absolute Gasteiger partial charge is 0.0753 e. The summed E-state index contributed by atoms with van der Waals surface area (Å²) in [7, 11) is 0. The van der Waals surface area contributed by atoms with Gasteiger partial charge in [0.15, 0.2) is 0 Å². The van der Waals surface area contributed by atoms with Gasteiger partial charge in [0.05, 0.1) is 5.60 Å². The van der Waals surface area contributed by atoms with Gasteiger partial charge in [-0.25, -0.2) is 0 Å². The summed E-state index contributed by atoms with van der Waals surface area (Å²) in [6.07, 6.45) is 2.97. The van der Waals surface area contributed by atoms with Gasteiger partial charge < -0.3 is 15.7 Å². The Bertz CT molecular complexity index is 363. The number of benzene rings is 1. The minimum Gasteiger partial charge on any atom is -0.389 e. The van der Waals surface area contributed by atoms with Gasteiger partial charge in [-0.3, -0.25) is 0 Å². The molecule has 1 unspecified atom stereocenters. The normalized spacial score (nSPS) is 19.9. The third-order valence-electron chi connectivity index (χ3n) is 3.92. The Morgan fingerprint density at radius 3 is 2.28 bits per heavy atom. The number of rotatable bonds is 4. The lowest BCUT2D eigenvalue weighted by atomic mass is 10.0. The summed E-state index contributed by atoms with van der Waals surface area (Å²) >= 11 is 0. The summed E-state index contributed by atoms with van der Waals surface area (Å²) in [6, 6.07) is 8.70. The third kappa shape index (κ3) is 3.55. The molecule has 0 bridgehead atoms. The van der Waals surface area contributed by atoms with E-state index in [2.05, 4.69) is 29.2 Å². The molecule has 18 heavy (non-hydrogen) atoms. The SMILES string of the molecule is CC(O)(CN)CCN1CCc2ccccc2CC1. The van der Waals surface area contributed by atoms with Crippen LogP contribution < -0.4 is 5.73 Å². The predicted octanol–water partition coefficient (Wildman–Crippen LogP) is 1.19. The summed E-state index contributed by atoms with van der Waals surface area (Å²) in [5.74, 6) is 0. The van der Waals surface area contributed by atoms with E-state index in [4.69, 9.17) is 5.73 Å². The molecule has 0 amide bonds. The molecule has 0 spiro atoms. The maximum atomic E-state index is 9.95. The molecule has 0 saturated heterocycles. The molecular weight excluding hydrogens is 224 g/mol. The highest BCUT2D eigenvalue weighted by atomic mass is 16.3. The highest BCUT2D eigenvalue weighted by molar-refractivity contribution is 5.28. The maximum Gasteiger partial charge on any atom is 0.0753 e. The molecule has 1 atom stereocenters. The Balaban J connectivity index is 1.88. The van der Waals surface area contributed by atoms with Gasteiger partial charge in [-0.2, -0.15) is 0 Å². The van der Waals surface area contributed by atoms with Crippen LogP contribution in [0.4, 0.5) is 0 Å². The molecule has 1 aromatic carbocycles. The average Bonchev–Trinajstić information content (AvgIpc) is 2.59. The van der Waals surface area contributed by atoms with Crippen LogP contribution in [0.25, 0.3) is 0 Å². The number of aliphatic hydroxyl groups is 1. The number of hydrogen-bond donors (Lipinski definition) is 2. The first-order valence-electron chi connectivity index (χ1n) is 6.82. The van der Waals surface area contributed by atoms with Crippen molar-refractivity contribution in [1.82, 2.24) is 4.90 Å². The first kappa shape index (κ1) is 13.5. The standard InChI is InChI=1S/C15H24N2O/c1-15(18,12-16)8-11-17-9-6-13-4-2-3-5-14(13)7-10-17/h2-5,18H,6-12,16H2,1H3. The van der Waals surface area contributed by atoms with Crippen molar-refractivity contribution in [2.24, 2.45) is 5.73 Å². The first-order valence-corrected chi connectivity index (χ1v) is 6.82. The van der Waals surface area contributed by atoms with Crippen molar-refractivity contribution in [3.8, 4) is 0 Å². The molecule has 1 aliphatic rings. The molecule has 0 fully saturated rings. The molecule has 1 aliphatic heterocycles. The fourth-order valence-corrected chi connectivity index (χ4v) is 2.44. The molecule has 0 aliphatic carbocycles. The monoisotopic (exact) mass is 248 g/mol. The summed E-state index contributed by atoms with van der Waals surface area (Å²) < 4.78 is 0. The lowest BCUT2D eigenvalue weighted by Gasteiger charge is -2.26. The molecule has 1 heterocycles. The Hall–Kier alpha value is -0.900. The minimum atomic E-state index is -0.723. The Morgan fingerprint density at radius 2 is 1.78 bits per heavy atom. The second-order valence-corrected chi connectivity index (χ2v) is 5.56. The van der Waals surface area contributed by atoms with Crippen molar-refractivity contribution in [2.75, 3.05) is 26.2 Å². The van der Waals surface area contributed by atoms with Crippen LogP contribution in [0.15, 0.2) is 24.3 Å². The molecule has 100 valence electrons. The topological polar surface area (TPSA) is 49.5 Å². The largest absolute Gasteiger partial charge is 0.389 e. The average molecular weight is 248 g/mol. The Kier molecular flexibility index (Phi) is 4.38. The molecule has 3 nitrogen and oxygen atoms in total. The van der Waals surface area contributed by atoms with E-state index >= 15 is 0 Å². The van der Waals surface area contributed by atoms with E-state index < -0.39 is 5.60 Å². The Morgan fingerprint density at radius 1 is 1.22 bits per heavy atom. The van der Waals surface area contributed by atoms with Crippen molar-refractivity contribution in [3.63, 3.8) is 0 Å². The van der Waals surface area contributed by atoms with Gasteiger partial charge in [0.25, 0.3) is 0 Å². The van der Waals surface area contributed by atoms with E-state index in [1.165, 1.54) is 11.1 Å². The van der Waals surface area contributed by atoms with Crippen molar-refractivity contribution in [1.29, 1.82) is 0 Å². The Labute approximate surface area is 110 Å². The van der Waals surface area contributed by atoms with Gasteiger partial charge in [0.2, 0.25) is 0 Å². The highest BCUT2D eigenvalue weighted by Gasteiger charge is 2.20. The highest BCUT2D eigenvalue weighted by Crippen LogP contribution is 2.16. The number of nitrogens with zero attached hydrogens (tertiary/aromatic N) is 1. The van der Waals surface area contributed by atoms with E-state index in [0.29, 0.717) is 6.54 Å². The molecule has 0 aromatic heterocycles. The van der Waals surface area contributed by atoms with Crippen LogP contribution in [0.1, 0.15) is 24.5 Å². The van der Waals surface area contributed by atoms with Gasteiger partial charge in [-0.15, -0.1) is 0 Å². The zero-order valence-electron chi connectivity index (χ0n) is 11.2. The van der Waals surface area contributed by atoms with Crippen LogP contribution in [0.3, 0.4) is 0 Å². The first-order chi connectivity index (χ1) is 8.61. The summed E-state index contributed by atoms with van der Waals surface area (Å²) in [4.78, 5) is 2.43. The van der Waals surface area contributed by atoms with Gasteiger partial charge >= 0.3 is 0 Å². The van der Waals surface area contributed by atoms with Gasteiger partial charge in [-0.1, -0.05) is 24.3 Å². The van der Waals surface area contributed by atoms with E-state index in [9.17, 15) is 5.11 Å². The van der Waals surface area contributed by atoms with Crippen molar-refractivity contribution in [3.05, 3.63) is 35.4 Å². The minimum absolute atomic E-state index is 0.334. The quantitative estimate of drug-likeness (QED) is 0.841. The van der Waals surface area contributed by atoms with Crippen LogP contribution in [-0.2, 0) is 12.8 Å². The zero-order chi connectivity index (χ0) is 13.0. The molecule has 3 heteroatoms. The summed E-state index contributed by atoms with van der Waals surface area (Å²) in [5, 5.41) is 9.95. The van der Waals surface area contributed by atoms with E-state index in [0.717, 1.165) is 38.9 Å². The van der Waals surface area contributed by atoms with Gasteiger partial charge in [-0.05, 0) is 37.3 Å². The molecular formula is C15H24N2O. The number of hydrogen-bond acceptors (Lipinski definition) is 3. The molecule has 2 rings (SSSR count). The van der Waals surface area contributed by atoms with Crippen molar-refractivity contribution >= 4 is 0 Å². The van der Waals surface area contributed by atoms with Crippen molar-refractivity contribution in [2.45, 2.75) is 31.8 Å². The summed E-state index contributed by atoms with van der Waals surface area (Å²) in [5.41, 5.74) is 7.78. The lowest BCUT2D eigenvalue weighted by Crippen LogP contribution is -2.39. The van der Waals surface area contributed by atoms with Crippen molar-refractivity contribution < 1.29 is 5.11 Å². The fourth-order valence-electron chi connectivity index (χ4n) is 2.44. The van der Waals surface area contributed by atoms with Crippen LogP contribution >= 0.6 is 0 Å². The van der Waals surface area contributed by atoms with E-state index in [1.807, 2.05) is 6.92 Å². The number of nitrogens with two attached hydrogens (primary N) is 1. The lowest BCUT2D eigenvalue weighted by molar-refractivity contribution is 0.0481. The second kappa shape index (κ2) is 5.83. The van der Waals surface area contributed by atoms with Gasteiger partial charge in [0, 0.05) is 26.2 Å². The van der Waals surface area contributed by atoms with Crippen LogP contribution in [-0.4, -0.2) is 41.8 Å². The molecule has 3 N–H and O–H groups in total. The molecule has 0 saturated carbocycles. The van der Waals surface area contributed by atoms with E-state index in [1.54, 1.807) is 0 Å². The van der Waals surface area contributed by atoms with Crippen LogP contribution in [0, 0.1) is 0 Å². The number of fused-ring (bicyclic) bond motifs is 1. The molecule has 1 aromatic rings. The fraction of sp³-hybridized carbons (Fsp3) is 0.600. The predicted molar refractivity (Wildman–Crippen MR) is 74.6 cm³/mol. The van der Waals surface area contributed by atoms with Crippen LogP contribution in [0.5, 0.6) is 0 Å². The molecule has 0 radical (unpaired) electrons. The maximum absolute atomic E-state index is 9.95. The summed E-state index contributed by atoms with van der Waals surface area (Å²) in [6.45, 7) is 5.24. The van der Waals surface area contributed by atoms with Gasteiger partial charge in [0.1, 0.15) is 0 Å². The van der Waals surface area contributed by atoms with Crippen LogP contribution in [0.2, 0.25) is 0 Å². The second-order valence-electron chi connectivity index (χ2n) is 5.56.